The lowest BCUT2D eigenvalue weighted by Gasteiger charge is -2.14. The molecule has 4 aromatic rings. The van der Waals surface area contributed by atoms with Crippen molar-refractivity contribution in [2.75, 3.05) is 19.4 Å². The Morgan fingerprint density at radius 3 is 2.49 bits per heavy atom. The Balaban J connectivity index is 1.64. The maximum absolute atomic E-state index is 13.0. The van der Waals surface area contributed by atoms with E-state index in [9.17, 15) is 13.2 Å². The molecule has 2 aromatic heterocycles. The van der Waals surface area contributed by atoms with Gasteiger partial charge in [-0.1, -0.05) is 41.4 Å². The minimum absolute atomic E-state index is 0.0690. The third kappa shape index (κ3) is 5.59. The molecule has 2 heterocycles. The molecule has 0 radical (unpaired) electrons. The van der Waals surface area contributed by atoms with Crippen LogP contribution in [-0.4, -0.2) is 42.7 Å². The molecule has 0 aliphatic carbocycles. The number of pyridine rings is 1. The van der Waals surface area contributed by atoms with Crippen LogP contribution in [0.2, 0.25) is 5.02 Å². The summed E-state index contributed by atoms with van der Waals surface area (Å²) in [6.45, 7) is 2.01. The second-order valence-corrected chi connectivity index (χ2v) is 11.7. The van der Waals surface area contributed by atoms with Crippen molar-refractivity contribution in [2.24, 2.45) is 0 Å². The highest BCUT2D eigenvalue weighted by Crippen LogP contribution is 2.34. The summed E-state index contributed by atoms with van der Waals surface area (Å²) in [5.74, 6) is -0.296. The zero-order valence-electron chi connectivity index (χ0n) is 19.3. The van der Waals surface area contributed by atoms with Crippen molar-refractivity contribution in [3.63, 3.8) is 0 Å². The molecule has 0 saturated heterocycles. The number of nitrogens with zero attached hydrogens (tertiary/aromatic N) is 3. The van der Waals surface area contributed by atoms with E-state index in [0.29, 0.717) is 5.69 Å². The second kappa shape index (κ2) is 10.2. The molecule has 0 atom stereocenters. The summed E-state index contributed by atoms with van der Waals surface area (Å²) in [7, 11) is -0.915. The molecule has 7 nitrogen and oxygen atoms in total. The van der Waals surface area contributed by atoms with Gasteiger partial charge in [-0.3, -0.25) is 9.78 Å². The monoisotopic (exact) mass is 526 g/mol. The van der Waals surface area contributed by atoms with Crippen molar-refractivity contribution in [3.8, 4) is 21.8 Å². The van der Waals surface area contributed by atoms with Gasteiger partial charge in [0.1, 0.15) is 9.90 Å². The number of anilines is 1. The van der Waals surface area contributed by atoms with Gasteiger partial charge in [0.25, 0.3) is 0 Å². The van der Waals surface area contributed by atoms with Crippen LogP contribution in [0, 0.1) is 6.92 Å². The average molecular weight is 527 g/mol. The first-order chi connectivity index (χ1) is 16.6. The van der Waals surface area contributed by atoms with E-state index in [1.807, 2.05) is 43.3 Å². The Morgan fingerprint density at radius 1 is 1.09 bits per heavy atom. The lowest BCUT2D eigenvalue weighted by Crippen LogP contribution is -2.23. The number of nitrogens with one attached hydrogen (secondary N) is 1. The lowest BCUT2D eigenvalue weighted by atomic mass is 10.1. The largest absolute Gasteiger partial charge is 0.326 e. The van der Waals surface area contributed by atoms with Crippen molar-refractivity contribution in [2.45, 2.75) is 18.2 Å². The van der Waals surface area contributed by atoms with Gasteiger partial charge in [0.2, 0.25) is 15.9 Å². The number of sulfonamides is 1. The number of aromatic nitrogens is 2. The van der Waals surface area contributed by atoms with E-state index in [4.69, 9.17) is 16.6 Å². The summed E-state index contributed by atoms with van der Waals surface area (Å²) >= 11 is 7.55. The van der Waals surface area contributed by atoms with Gasteiger partial charge in [-0.15, -0.1) is 11.3 Å². The Labute approximate surface area is 213 Å². The van der Waals surface area contributed by atoms with E-state index < -0.39 is 10.0 Å². The molecule has 1 amide bonds. The van der Waals surface area contributed by atoms with Gasteiger partial charge >= 0.3 is 0 Å². The van der Waals surface area contributed by atoms with Gasteiger partial charge < -0.3 is 5.32 Å². The Bertz CT molecular complexity index is 1470. The lowest BCUT2D eigenvalue weighted by molar-refractivity contribution is -0.115. The number of thiazole rings is 1. The van der Waals surface area contributed by atoms with Crippen LogP contribution in [-0.2, 0) is 21.2 Å². The zero-order chi connectivity index (χ0) is 25.2. The number of benzene rings is 2. The average Bonchev–Trinajstić information content (AvgIpc) is 3.24. The summed E-state index contributed by atoms with van der Waals surface area (Å²) in [6, 6.07) is 16.1. The maximum atomic E-state index is 13.0. The summed E-state index contributed by atoms with van der Waals surface area (Å²) in [5.41, 5.74) is 3.98. The fourth-order valence-electron chi connectivity index (χ4n) is 3.35. The standard InChI is InChI=1S/C25H23ClN4O3S2/c1-16-6-8-17(9-7-16)24-21(34-25(29-24)18-5-4-12-27-15-18)14-23(31)28-19-10-11-20(26)22(13-19)35(32,33)30(2)3/h4-13,15H,14H2,1-3H3,(H,28,31). The maximum Gasteiger partial charge on any atom is 0.244 e. The second-order valence-electron chi connectivity index (χ2n) is 8.06. The molecule has 0 unspecified atom stereocenters. The number of carbonyl (C=O) groups is 1. The minimum Gasteiger partial charge on any atom is -0.326 e. The quantitative estimate of drug-likeness (QED) is 0.354. The molecule has 4 rings (SSSR count). The van der Waals surface area contributed by atoms with Crippen LogP contribution < -0.4 is 5.32 Å². The minimum atomic E-state index is -3.76. The van der Waals surface area contributed by atoms with Crippen LogP contribution in [0.25, 0.3) is 21.8 Å². The van der Waals surface area contributed by atoms with Crippen molar-refractivity contribution in [1.29, 1.82) is 0 Å². The number of hydrogen-bond acceptors (Lipinski definition) is 6. The predicted octanol–water partition coefficient (Wildman–Crippen LogP) is 5.27. The fourth-order valence-corrected chi connectivity index (χ4v) is 5.81. The SMILES string of the molecule is Cc1ccc(-c2nc(-c3cccnc3)sc2CC(=O)Nc2ccc(Cl)c(S(=O)(=O)N(C)C)c2)cc1. The summed E-state index contributed by atoms with van der Waals surface area (Å²) in [6.07, 6.45) is 3.50. The molecule has 0 saturated carbocycles. The van der Waals surface area contributed by atoms with E-state index in [1.54, 1.807) is 18.5 Å². The molecular weight excluding hydrogens is 504 g/mol. The van der Waals surface area contributed by atoms with Gasteiger partial charge in [0.05, 0.1) is 17.1 Å². The molecule has 0 spiro atoms. The number of aryl methyl sites for hydroxylation is 1. The predicted molar refractivity (Wildman–Crippen MR) is 140 cm³/mol. The summed E-state index contributed by atoms with van der Waals surface area (Å²) in [4.78, 5) is 22.7. The van der Waals surface area contributed by atoms with Crippen molar-refractivity contribution >= 4 is 44.6 Å². The Morgan fingerprint density at radius 2 is 1.83 bits per heavy atom. The molecule has 180 valence electrons. The number of amides is 1. The van der Waals surface area contributed by atoms with Crippen molar-refractivity contribution < 1.29 is 13.2 Å². The highest BCUT2D eigenvalue weighted by Gasteiger charge is 2.22. The molecule has 0 aliphatic heterocycles. The van der Waals surface area contributed by atoms with E-state index in [-0.39, 0.29) is 22.2 Å². The first kappa shape index (κ1) is 25.0. The van der Waals surface area contributed by atoms with Gasteiger partial charge in [0, 0.05) is 48.2 Å². The molecule has 0 aliphatic rings. The molecule has 0 fully saturated rings. The molecular formula is C25H23ClN4O3S2. The summed E-state index contributed by atoms with van der Waals surface area (Å²) in [5, 5.41) is 3.64. The molecule has 2 aromatic carbocycles. The smallest absolute Gasteiger partial charge is 0.244 e. The highest BCUT2D eigenvalue weighted by molar-refractivity contribution is 7.89. The molecule has 0 bridgehead atoms. The summed E-state index contributed by atoms with van der Waals surface area (Å²) < 4.78 is 26.2. The molecule has 10 heteroatoms. The first-order valence-corrected chi connectivity index (χ1v) is 13.3. The van der Waals surface area contributed by atoms with E-state index in [2.05, 4.69) is 10.3 Å². The zero-order valence-corrected chi connectivity index (χ0v) is 21.7. The third-order valence-corrected chi connectivity index (χ3v) is 8.63. The number of carbonyl (C=O) groups excluding carboxylic acids is 1. The van der Waals surface area contributed by atoms with Crippen LogP contribution in [0.15, 0.2) is 71.9 Å². The normalized spacial score (nSPS) is 11.6. The van der Waals surface area contributed by atoms with Crippen LogP contribution in [0.1, 0.15) is 10.4 Å². The van der Waals surface area contributed by atoms with Gasteiger partial charge in [-0.05, 0) is 37.3 Å². The van der Waals surface area contributed by atoms with E-state index in [1.165, 1.54) is 37.6 Å². The van der Waals surface area contributed by atoms with Crippen LogP contribution >= 0.6 is 22.9 Å². The Kier molecular flexibility index (Phi) is 7.32. The van der Waals surface area contributed by atoms with E-state index in [0.717, 1.165) is 36.6 Å². The van der Waals surface area contributed by atoms with Crippen molar-refractivity contribution in [3.05, 3.63) is 82.5 Å². The topological polar surface area (TPSA) is 92.3 Å². The first-order valence-electron chi connectivity index (χ1n) is 10.6. The van der Waals surface area contributed by atoms with E-state index >= 15 is 0 Å². The fraction of sp³-hybridized carbons (Fsp3) is 0.160. The number of rotatable bonds is 7. The molecule has 1 N–H and O–H groups in total. The number of halogens is 1. The van der Waals surface area contributed by atoms with Crippen molar-refractivity contribution in [1.82, 2.24) is 14.3 Å². The van der Waals surface area contributed by atoms with Crippen LogP contribution in [0.3, 0.4) is 0 Å². The van der Waals surface area contributed by atoms with Crippen LogP contribution in [0.4, 0.5) is 5.69 Å². The van der Waals surface area contributed by atoms with Crippen LogP contribution in [0.5, 0.6) is 0 Å². The molecule has 35 heavy (non-hydrogen) atoms. The highest BCUT2D eigenvalue weighted by atomic mass is 35.5. The Hall–Kier alpha value is -3.11. The van der Waals surface area contributed by atoms with Gasteiger partial charge in [-0.25, -0.2) is 17.7 Å². The van der Waals surface area contributed by atoms with Gasteiger partial charge in [-0.2, -0.15) is 0 Å². The van der Waals surface area contributed by atoms with Gasteiger partial charge in [0.15, 0.2) is 0 Å². The number of hydrogen-bond donors (Lipinski definition) is 1. The third-order valence-electron chi connectivity index (χ3n) is 5.23.